The van der Waals surface area contributed by atoms with Gasteiger partial charge in [-0.15, -0.1) is 11.8 Å². The number of nitrogens with one attached hydrogen (secondary N) is 1. The van der Waals surface area contributed by atoms with Crippen molar-refractivity contribution in [3.63, 3.8) is 0 Å². The number of benzene rings is 3. The summed E-state index contributed by atoms with van der Waals surface area (Å²) >= 11 is 1.59. The number of carbonyl (C=O) groups excluding carboxylic acids is 2. The third kappa shape index (κ3) is 4.70. The summed E-state index contributed by atoms with van der Waals surface area (Å²) in [6.45, 7) is 6.49. The quantitative estimate of drug-likeness (QED) is 0.520. The first-order chi connectivity index (χ1) is 15.2. The van der Waals surface area contributed by atoms with E-state index >= 15 is 0 Å². The van der Waals surface area contributed by atoms with Gasteiger partial charge in [-0.2, -0.15) is 0 Å². The molecule has 1 unspecified atom stereocenters. The van der Waals surface area contributed by atoms with E-state index in [1.807, 2.05) is 41.3 Å². The fraction of sp³-hybridized carbons (Fsp3) is 0.231. The van der Waals surface area contributed by atoms with Crippen molar-refractivity contribution in [3.8, 4) is 0 Å². The van der Waals surface area contributed by atoms with E-state index in [2.05, 4.69) is 38.2 Å². The molecule has 0 aliphatic carbocycles. The second kappa shape index (κ2) is 8.79. The molecule has 1 saturated heterocycles. The number of rotatable bonds is 4. The number of nitrogens with zero attached hydrogens (tertiary/aromatic N) is 1. The third-order valence-electron chi connectivity index (χ3n) is 5.44. The van der Waals surface area contributed by atoms with Gasteiger partial charge in [-0.25, -0.2) is 4.39 Å². The molecule has 1 heterocycles. The van der Waals surface area contributed by atoms with Crippen LogP contribution in [-0.2, 0) is 10.2 Å². The van der Waals surface area contributed by atoms with Crippen LogP contribution in [0.1, 0.15) is 47.6 Å². The highest BCUT2D eigenvalue weighted by molar-refractivity contribution is 8.00. The van der Waals surface area contributed by atoms with Crippen molar-refractivity contribution in [2.24, 2.45) is 0 Å². The van der Waals surface area contributed by atoms with E-state index in [4.69, 9.17) is 0 Å². The number of hydrogen-bond acceptors (Lipinski definition) is 3. The lowest BCUT2D eigenvalue weighted by atomic mass is 9.87. The van der Waals surface area contributed by atoms with Crippen LogP contribution in [0.15, 0.2) is 72.8 Å². The lowest BCUT2D eigenvalue weighted by Gasteiger charge is -2.26. The van der Waals surface area contributed by atoms with E-state index < -0.39 is 0 Å². The first-order valence-corrected chi connectivity index (χ1v) is 11.5. The summed E-state index contributed by atoms with van der Waals surface area (Å²) in [4.78, 5) is 26.8. The molecule has 4 rings (SSSR count). The molecule has 1 aliphatic rings. The van der Waals surface area contributed by atoms with E-state index in [0.29, 0.717) is 17.0 Å². The minimum Gasteiger partial charge on any atom is -0.322 e. The molecule has 0 aromatic heterocycles. The largest absolute Gasteiger partial charge is 0.322 e. The number of halogens is 1. The van der Waals surface area contributed by atoms with Crippen molar-refractivity contribution in [1.29, 1.82) is 0 Å². The number of amides is 2. The van der Waals surface area contributed by atoms with Gasteiger partial charge in [0.05, 0.1) is 5.75 Å². The molecule has 2 amide bonds. The van der Waals surface area contributed by atoms with Crippen LogP contribution >= 0.6 is 11.8 Å². The maximum absolute atomic E-state index is 13.1. The summed E-state index contributed by atoms with van der Waals surface area (Å²) in [7, 11) is 0. The van der Waals surface area contributed by atoms with Crippen molar-refractivity contribution >= 4 is 35.0 Å². The van der Waals surface area contributed by atoms with E-state index in [-0.39, 0.29) is 28.4 Å². The summed E-state index contributed by atoms with van der Waals surface area (Å²) in [5.41, 5.74) is 4.16. The van der Waals surface area contributed by atoms with Crippen molar-refractivity contribution < 1.29 is 14.0 Å². The Hall–Kier alpha value is -3.12. The lowest BCUT2D eigenvalue weighted by Crippen LogP contribution is -2.28. The first-order valence-electron chi connectivity index (χ1n) is 10.4. The maximum Gasteiger partial charge on any atom is 0.255 e. The smallest absolute Gasteiger partial charge is 0.255 e. The Morgan fingerprint density at radius 2 is 1.59 bits per heavy atom. The van der Waals surface area contributed by atoms with Crippen molar-refractivity contribution in [2.75, 3.05) is 16.0 Å². The van der Waals surface area contributed by atoms with E-state index in [0.717, 1.165) is 11.3 Å². The van der Waals surface area contributed by atoms with Gasteiger partial charge in [-0.3, -0.25) is 14.5 Å². The molecule has 0 saturated carbocycles. The molecule has 3 aromatic carbocycles. The Bertz CT molecular complexity index is 1120. The molecule has 6 heteroatoms. The third-order valence-corrected chi connectivity index (χ3v) is 6.65. The maximum atomic E-state index is 13.1. The van der Waals surface area contributed by atoms with Gasteiger partial charge in [0, 0.05) is 16.9 Å². The Kier molecular flexibility index (Phi) is 6.07. The molecular formula is C26H25FN2O2S. The van der Waals surface area contributed by atoms with Crippen LogP contribution in [-0.4, -0.2) is 17.6 Å². The normalized spacial score (nSPS) is 16.3. The molecule has 164 valence electrons. The Labute approximate surface area is 191 Å². The fourth-order valence-corrected chi connectivity index (χ4v) is 4.78. The molecule has 1 atom stereocenters. The Balaban J connectivity index is 1.50. The zero-order valence-corrected chi connectivity index (χ0v) is 19.1. The summed E-state index contributed by atoms with van der Waals surface area (Å²) in [5.74, 6) is -0.178. The average Bonchev–Trinajstić information content (AvgIpc) is 3.15. The van der Waals surface area contributed by atoms with Gasteiger partial charge < -0.3 is 5.32 Å². The molecule has 1 fully saturated rings. The molecular weight excluding hydrogens is 423 g/mol. The summed E-state index contributed by atoms with van der Waals surface area (Å²) in [6.07, 6.45) is 0. The van der Waals surface area contributed by atoms with Crippen LogP contribution in [0.5, 0.6) is 0 Å². The SMILES string of the molecule is CC(C)(C)c1ccc(N2C(=O)CSC2c2ccc(NC(=O)c3ccc(F)cc3)cc2)cc1. The van der Waals surface area contributed by atoms with Crippen LogP contribution in [0.3, 0.4) is 0 Å². The van der Waals surface area contributed by atoms with Crippen molar-refractivity contribution in [3.05, 3.63) is 95.3 Å². The molecule has 1 N–H and O–H groups in total. The van der Waals surface area contributed by atoms with Crippen LogP contribution in [0, 0.1) is 5.82 Å². The average molecular weight is 449 g/mol. The van der Waals surface area contributed by atoms with Crippen LogP contribution in [0.4, 0.5) is 15.8 Å². The highest BCUT2D eigenvalue weighted by Crippen LogP contribution is 2.42. The van der Waals surface area contributed by atoms with Gasteiger partial charge in [0.1, 0.15) is 11.2 Å². The number of hydrogen-bond donors (Lipinski definition) is 1. The molecule has 1 aliphatic heterocycles. The highest BCUT2D eigenvalue weighted by atomic mass is 32.2. The van der Waals surface area contributed by atoms with E-state index in [1.54, 1.807) is 11.8 Å². The topological polar surface area (TPSA) is 49.4 Å². The van der Waals surface area contributed by atoms with Gasteiger partial charge in [-0.05, 0) is 65.1 Å². The predicted octanol–water partition coefficient (Wildman–Crippen LogP) is 6.15. The fourth-order valence-electron chi connectivity index (χ4n) is 3.61. The zero-order valence-electron chi connectivity index (χ0n) is 18.3. The second-order valence-corrected chi connectivity index (χ2v) is 9.88. The van der Waals surface area contributed by atoms with Gasteiger partial charge in [-0.1, -0.05) is 45.0 Å². The van der Waals surface area contributed by atoms with Gasteiger partial charge in [0.2, 0.25) is 5.91 Å². The van der Waals surface area contributed by atoms with Crippen molar-refractivity contribution in [1.82, 2.24) is 0 Å². The number of carbonyl (C=O) groups is 2. The van der Waals surface area contributed by atoms with Crippen molar-refractivity contribution in [2.45, 2.75) is 31.6 Å². The second-order valence-electron chi connectivity index (χ2n) is 8.81. The monoisotopic (exact) mass is 448 g/mol. The van der Waals surface area contributed by atoms with E-state index in [1.165, 1.54) is 29.8 Å². The summed E-state index contributed by atoms with van der Waals surface area (Å²) in [5, 5.41) is 2.70. The minimum atomic E-state index is -0.382. The number of anilines is 2. The van der Waals surface area contributed by atoms with Gasteiger partial charge in [0.15, 0.2) is 0 Å². The Morgan fingerprint density at radius 3 is 2.19 bits per heavy atom. The summed E-state index contributed by atoms with van der Waals surface area (Å²) in [6, 6.07) is 21.1. The molecule has 0 spiro atoms. The number of thioether (sulfide) groups is 1. The standard InChI is InChI=1S/C26H25FN2O2S/c1-26(2,3)19-8-14-22(15-9-19)29-23(30)16-32-25(29)18-6-12-21(13-7-18)28-24(31)17-4-10-20(27)11-5-17/h4-15,25H,16H2,1-3H3,(H,28,31). The molecule has 3 aromatic rings. The molecule has 32 heavy (non-hydrogen) atoms. The van der Waals surface area contributed by atoms with Gasteiger partial charge >= 0.3 is 0 Å². The van der Waals surface area contributed by atoms with Crippen LogP contribution in [0.2, 0.25) is 0 Å². The molecule has 0 radical (unpaired) electrons. The van der Waals surface area contributed by atoms with Gasteiger partial charge in [0.25, 0.3) is 5.91 Å². The van der Waals surface area contributed by atoms with Crippen LogP contribution in [0.25, 0.3) is 0 Å². The highest BCUT2D eigenvalue weighted by Gasteiger charge is 2.34. The predicted molar refractivity (Wildman–Crippen MR) is 129 cm³/mol. The lowest BCUT2D eigenvalue weighted by molar-refractivity contribution is -0.115. The van der Waals surface area contributed by atoms with Crippen LogP contribution < -0.4 is 10.2 Å². The minimum absolute atomic E-state index is 0.0515. The first kappa shape index (κ1) is 22.1. The van der Waals surface area contributed by atoms with E-state index in [9.17, 15) is 14.0 Å². The Morgan fingerprint density at radius 1 is 0.969 bits per heavy atom. The molecule has 4 nitrogen and oxygen atoms in total. The molecule has 0 bridgehead atoms. The summed E-state index contributed by atoms with van der Waals surface area (Å²) < 4.78 is 13.1. The zero-order chi connectivity index (χ0) is 22.9.